The maximum atomic E-state index is 7.98. The Bertz CT molecular complexity index is 838. The zero-order valence-corrected chi connectivity index (χ0v) is 16.3. The normalized spacial score (nSPS) is 25.3. The number of nitrogens with two attached hydrogens (primary N) is 1. The Morgan fingerprint density at radius 3 is 2.89 bits per heavy atom. The van der Waals surface area contributed by atoms with Crippen LogP contribution in [-0.4, -0.2) is 70.8 Å². The van der Waals surface area contributed by atoms with Gasteiger partial charge in [0.1, 0.15) is 5.84 Å². The van der Waals surface area contributed by atoms with Crippen LogP contribution in [0.25, 0.3) is 11.0 Å². The van der Waals surface area contributed by atoms with Gasteiger partial charge < -0.3 is 20.4 Å². The molecule has 4 heterocycles. The average molecular weight is 371 g/mol. The number of hydrogen-bond acceptors (Lipinski definition) is 6. The molecule has 0 saturated carbocycles. The number of rotatable bonds is 5. The van der Waals surface area contributed by atoms with Crippen molar-refractivity contribution in [2.24, 2.45) is 11.7 Å². The van der Waals surface area contributed by atoms with Crippen LogP contribution in [-0.2, 0) is 4.74 Å². The molecule has 2 aromatic rings. The van der Waals surface area contributed by atoms with Crippen molar-refractivity contribution in [1.29, 1.82) is 5.41 Å². The van der Waals surface area contributed by atoms with Crippen molar-refractivity contribution in [3.05, 3.63) is 18.0 Å². The average Bonchev–Trinajstić information content (AvgIpc) is 3.09. The summed E-state index contributed by atoms with van der Waals surface area (Å²) in [5.74, 6) is 0.480. The Labute approximate surface area is 159 Å². The molecule has 0 bridgehead atoms. The number of likely N-dealkylation sites (N-methyl/N-ethyl adjacent to an activating group) is 1. The first-order valence-electron chi connectivity index (χ1n) is 9.70. The first kappa shape index (κ1) is 18.2. The number of fused-ring (bicyclic) bond motifs is 1. The number of hydrogen-bond donors (Lipinski definition) is 3. The molecule has 2 aromatic heterocycles. The highest BCUT2D eigenvalue weighted by Gasteiger charge is 2.46. The van der Waals surface area contributed by atoms with E-state index in [4.69, 9.17) is 15.9 Å². The van der Waals surface area contributed by atoms with Crippen LogP contribution in [0.4, 0.5) is 5.69 Å². The largest absolute Gasteiger partial charge is 0.382 e. The summed E-state index contributed by atoms with van der Waals surface area (Å²) in [6.45, 7) is 8.29. The van der Waals surface area contributed by atoms with Crippen LogP contribution in [0.3, 0.4) is 0 Å². The molecule has 4 N–H and O–H groups in total. The van der Waals surface area contributed by atoms with Crippen LogP contribution in [0.2, 0.25) is 0 Å². The summed E-state index contributed by atoms with van der Waals surface area (Å²) >= 11 is 0. The number of amidine groups is 1. The fourth-order valence-electron chi connectivity index (χ4n) is 4.55. The lowest BCUT2D eigenvalue weighted by Crippen LogP contribution is -2.66. The van der Waals surface area contributed by atoms with E-state index in [1.54, 1.807) is 0 Å². The lowest BCUT2D eigenvalue weighted by molar-refractivity contribution is -0.151. The van der Waals surface area contributed by atoms with Crippen molar-refractivity contribution in [1.82, 2.24) is 20.1 Å². The van der Waals surface area contributed by atoms with E-state index in [0.717, 1.165) is 55.9 Å². The van der Waals surface area contributed by atoms with E-state index in [1.165, 1.54) is 0 Å². The standard InChI is InChI=1S/C19H29N7O/c1-4-19(10-27-11-19)26-8-6-12(2)14(9-26)25(3)16-13-5-7-22-18(13)24-23-15(16)17(20)21/h5,7,12,14H,4,6,8-11H2,1-3H3,(H3,20,21)(H,22,24). The Morgan fingerprint density at radius 1 is 1.48 bits per heavy atom. The first-order chi connectivity index (χ1) is 13.0. The summed E-state index contributed by atoms with van der Waals surface area (Å²) in [5, 5.41) is 17.3. The molecule has 27 heavy (non-hydrogen) atoms. The van der Waals surface area contributed by atoms with E-state index >= 15 is 0 Å². The molecule has 2 atom stereocenters. The lowest BCUT2D eigenvalue weighted by atomic mass is 9.84. The minimum absolute atomic E-state index is 0.0507. The second kappa shape index (κ2) is 6.76. The quantitative estimate of drug-likeness (QED) is 0.544. The van der Waals surface area contributed by atoms with Crippen LogP contribution in [0.15, 0.2) is 12.3 Å². The Balaban J connectivity index is 1.70. The monoisotopic (exact) mass is 371 g/mol. The molecule has 0 amide bonds. The number of ether oxygens (including phenoxy) is 1. The molecular formula is C19H29N7O. The fraction of sp³-hybridized carbons (Fsp3) is 0.632. The second-order valence-corrected chi connectivity index (χ2v) is 8.01. The summed E-state index contributed by atoms with van der Waals surface area (Å²) < 4.78 is 5.57. The molecule has 2 saturated heterocycles. The highest BCUT2D eigenvalue weighted by Crippen LogP contribution is 2.36. The van der Waals surface area contributed by atoms with Crippen molar-refractivity contribution in [3.63, 3.8) is 0 Å². The zero-order valence-electron chi connectivity index (χ0n) is 16.3. The van der Waals surface area contributed by atoms with Crippen molar-refractivity contribution in [2.45, 2.75) is 38.3 Å². The molecule has 8 heteroatoms. The third-order valence-corrected chi connectivity index (χ3v) is 6.55. The molecule has 0 radical (unpaired) electrons. The minimum Gasteiger partial charge on any atom is -0.382 e. The number of anilines is 1. The van der Waals surface area contributed by atoms with Gasteiger partial charge in [-0.15, -0.1) is 10.2 Å². The van der Waals surface area contributed by atoms with Crippen molar-refractivity contribution >= 4 is 22.6 Å². The van der Waals surface area contributed by atoms with Gasteiger partial charge in [0.2, 0.25) is 0 Å². The van der Waals surface area contributed by atoms with Crippen LogP contribution in [0.1, 0.15) is 32.4 Å². The van der Waals surface area contributed by atoms with Crippen molar-refractivity contribution < 1.29 is 4.74 Å². The maximum Gasteiger partial charge on any atom is 0.162 e. The van der Waals surface area contributed by atoms with E-state index in [0.29, 0.717) is 17.7 Å². The van der Waals surface area contributed by atoms with Gasteiger partial charge in [0.25, 0.3) is 0 Å². The third kappa shape index (κ3) is 2.87. The van der Waals surface area contributed by atoms with Gasteiger partial charge in [-0.25, -0.2) is 0 Å². The summed E-state index contributed by atoms with van der Waals surface area (Å²) in [5.41, 5.74) is 8.09. The highest BCUT2D eigenvalue weighted by atomic mass is 16.5. The summed E-state index contributed by atoms with van der Waals surface area (Å²) in [4.78, 5) is 7.99. The number of nitrogens with zero attached hydrogens (tertiary/aromatic N) is 4. The number of nitrogen functional groups attached to an aromatic ring is 1. The molecule has 2 unspecified atom stereocenters. The Hall–Kier alpha value is -2.19. The molecule has 4 rings (SSSR count). The molecule has 146 valence electrons. The fourth-order valence-corrected chi connectivity index (χ4v) is 4.55. The van der Waals surface area contributed by atoms with E-state index in [2.05, 4.69) is 45.9 Å². The van der Waals surface area contributed by atoms with Gasteiger partial charge in [0.15, 0.2) is 11.3 Å². The number of likely N-dealkylation sites (tertiary alicyclic amines) is 1. The van der Waals surface area contributed by atoms with Gasteiger partial charge in [-0.3, -0.25) is 10.3 Å². The topological polar surface area (TPSA) is 107 Å². The van der Waals surface area contributed by atoms with E-state index in [-0.39, 0.29) is 11.4 Å². The van der Waals surface area contributed by atoms with Crippen molar-refractivity contribution in [2.75, 3.05) is 38.3 Å². The minimum atomic E-state index is -0.0507. The highest BCUT2D eigenvalue weighted by molar-refractivity contribution is 6.05. The van der Waals surface area contributed by atoms with Gasteiger partial charge in [0, 0.05) is 31.2 Å². The zero-order chi connectivity index (χ0) is 19.2. The molecular weight excluding hydrogens is 342 g/mol. The second-order valence-electron chi connectivity index (χ2n) is 8.01. The van der Waals surface area contributed by atoms with E-state index in [9.17, 15) is 0 Å². The predicted molar refractivity (Wildman–Crippen MR) is 106 cm³/mol. The summed E-state index contributed by atoms with van der Waals surface area (Å²) in [7, 11) is 2.09. The van der Waals surface area contributed by atoms with Crippen molar-refractivity contribution in [3.8, 4) is 0 Å². The SMILES string of the molecule is CCC1(N2CCC(C)C(N(C)c3c(C(=N)N)nnc4[nH]ccc34)C2)COC1. The number of aromatic amines is 1. The van der Waals surface area contributed by atoms with Crippen LogP contribution in [0, 0.1) is 11.3 Å². The Kier molecular flexibility index (Phi) is 4.55. The van der Waals surface area contributed by atoms with Gasteiger partial charge in [0.05, 0.1) is 24.4 Å². The van der Waals surface area contributed by atoms with Gasteiger partial charge in [-0.05, 0) is 31.4 Å². The molecule has 0 spiro atoms. The van der Waals surface area contributed by atoms with E-state index in [1.807, 2.05) is 12.3 Å². The Morgan fingerprint density at radius 2 is 2.26 bits per heavy atom. The molecule has 2 aliphatic rings. The number of H-pyrrole nitrogens is 1. The smallest absolute Gasteiger partial charge is 0.162 e. The van der Waals surface area contributed by atoms with E-state index < -0.39 is 0 Å². The maximum absolute atomic E-state index is 7.98. The molecule has 0 aliphatic carbocycles. The third-order valence-electron chi connectivity index (χ3n) is 6.55. The molecule has 2 aliphatic heterocycles. The van der Waals surface area contributed by atoms with Crippen LogP contribution < -0.4 is 10.6 Å². The number of piperidine rings is 1. The molecule has 0 aromatic carbocycles. The predicted octanol–water partition coefficient (Wildman–Crippen LogP) is 1.57. The molecule has 2 fully saturated rings. The van der Waals surface area contributed by atoms with Crippen LogP contribution >= 0.6 is 0 Å². The first-order valence-corrected chi connectivity index (χ1v) is 9.70. The summed E-state index contributed by atoms with van der Waals surface area (Å²) in [6, 6.07) is 2.30. The van der Waals surface area contributed by atoms with Gasteiger partial charge in [-0.2, -0.15) is 0 Å². The number of aromatic nitrogens is 3. The summed E-state index contributed by atoms with van der Waals surface area (Å²) in [6.07, 6.45) is 4.10. The van der Waals surface area contributed by atoms with Gasteiger partial charge in [-0.1, -0.05) is 13.8 Å². The number of nitrogens with one attached hydrogen (secondary N) is 2. The van der Waals surface area contributed by atoms with Crippen LogP contribution in [0.5, 0.6) is 0 Å². The van der Waals surface area contributed by atoms with Gasteiger partial charge >= 0.3 is 0 Å². The lowest BCUT2D eigenvalue weighted by Gasteiger charge is -2.54. The molecule has 8 nitrogen and oxygen atoms in total.